The van der Waals surface area contributed by atoms with Gasteiger partial charge in [0.25, 0.3) is 0 Å². The average Bonchev–Trinajstić information content (AvgIpc) is 2.67. The molecule has 0 spiro atoms. The molecular formula is C20H29F5N4O. The number of ether oxygens (including phenoxy) is 1. The molecule has 0 saturated carbocycles. The van der Waals surface area contributed by atoms with Crippen LogP contribution >= 0.6 is 0 Å². The first kappa shape index (κ1) is 25.7. The topological polar surface area (TPSA) is 54.1 Å². The summed E-state index contributed by atoms with van der Waals surface area (Å²) in [4.78, 5) is 6.59. The monoisotopic (exact) mass is 436 g/mol. The molecule has 1 aromatic rings. The minimum atomic E-state index is -4.74. The van der Waals surface area contributed by atoms with E-state index in [-0.39, 0.29) is 37.6 Å². The molecule has 10 heteroatoms. The van der Waals surface area contributed by atoms with Crippen LogP contribution in [0.15, 0.2) is 41.0 Å². The van der Waals surface area contributed by atoms with Crippen molar-refractivity contribution >= 4 is 5.96 Å². The Hall–Kier alpha value is -2.36. The molecule has 0 radical (unpaired) electrons. The summed E-state index contributed by atoms with van der Waals surface area (Å²) in [5.41, 5.74) is 2.70. The third-order valence-corrected chi connectivity index (χ3v) is 4.47. The fourth-order valence-electron chi connectivity index (χ4n) is 2.52. The number of guanidine groups is 1. The molecule has 2 N–H and O–H groups in total. The van der Waals surface area contributed by atoms with Crippen LogP contribution in [-0.2, 0) is 0 Å². The van der Waals surface area contributed by atoms with Crippen LogP contribution in [0.2, 0.25) is 0 Å². The summed E-state index contributed by atoms with van der Waals surface area (Å²) in [5, 5.41) is 0. The molecule has 0 heterocycles. The van der Waals surface area contributed by atoms with Gasteiger partial charge in [0.1, 0.15) is 29.5 Å². The maximum Gasteiger partial charge on any atom is 0.433 e. The van der Waals surface area contributed by atoms with Crippen LogP contribution in [-0.4, -0.2) is 68.4 Å². The highest BCUT2D eigenvalue weighted by atomic mass is 19.4. The predicted molar refractivity (Wildman–Crippen MR) is 108 cm³/mol. The van der Waals surface area contributed by atoms with Gasteiger partial charge in [-0.2, -0.15) is 13.2 Å². The van der Waals surface area contributed by atoms with E-state index in [9.17, 15) is 22.0 Å². The van der Waals surface area contributed by atoms with E-state index in [1.54, 1.807) is 6.92 Å². The van der Waals surface area contributed by atoms with Crippen molar-refractivity contribution in [1.82, 2.24) is 9.80 Å². The van der Waals surface area contributed by atoms with Crippen LogP contribution in [0.3, 0.4) is 0 Å². The molecule has 0 aliphatic heterocycles. The molecule has 0 aliphatic carbocycles. The lowest BCUT2D eigenvalue weighted by Crippen LogP contribution is -2.42. The second-order valence-electron chi connectivity index (χ2n) is 7.04. The molecule has 1 aromatic carbocycles. The molecule has 170 valence electrons. The molecule has 1 unspecified atom stereocenters. The van der Waals surface area contributed by atoms with E-state index in [0.717, 1.165) is 12.1 Å². The van der Waals surface area contributed by atoms with Crippen LogP contribution in [0.1, 0.15) is 19.8 Å². The summed E-state index contributed by atoms with van der Waals surface area (Å²) < 4.78 is 73.2. The molecule has 5 nitrogen and oxygen atoms in total. The first-order valence-electron chi connectivity index (χ1n) is 9.43. The molecule has 0 fully saturated rings. The van der Waals surface area contributed by atoms with Gasteiger partial charge in [-0.3, -0.25) is 0 Å². The quantitative estimate of drug-likeness (QED) is 0.362. The van der Waals surface area contributed by atoms with E-state index in [4.69, 9.17) is 10.5 Å². The Morgan fingerprint density at radius 3 is 2.37 bits per heavy atom. The summed E-state index contributed by atoms with van der Waals surface area (Å²) in [6.45, 7) is 1.17. The van der Waals surface area contributed by atoms with Crippen LogP contribution < -0.4 is 10.5 Å². The van der Waals surface area contributed by atoms with Crippen molar-refractivity contribution < 1.29 is 26.7 Å². The number of nitrogens with two attached hydrogens (primary N) is 1. The molecular weight excluding hydrogens is 407 g/mol. The Bertz CT molecular complexity index is 730. The lowest BCUT2D eigenvalue weighted by Gasteiger charge is -2.30. The van der Waals surface area contributed by atoms with Crippen molar-refractivity contribution in [2.24, 2.45) is 10.7 Å². The lowest BCUT2D eigenvalue weighted by molar-refractivity contribution is -0.0929. The van der Waals surface area contributed by atoms with Gasteiger partial charge in [0.05, 0.1) is 0 Å². The number of hydrogen-bond donors (Lipinski definition) is 1. The Morgan fingerprint density at radius 2 is 1.87 bits per heavy atom. The molecule has 0 aliphatic rings. The number of alkyl halides is 4. The van der Waals surface area contributed by atoms with Crippen molar-refractivity contribution in [2.45, 2.75) is 31.6 Å². The van der Waals surface area contributed by atoms with E-state index in [1.165, 1.54) is 49.1 Å². The van der Waals surface area contributed by atoms with Gasteiger partial charge < -0.3 is 20.3 Å². The van der Waals surface area contributed by atoms with Gasteiger partial charge in [-0.15, -0.1) is 0 Å². The van der Waals surface area contributed by atoms with Crippen molar-refractivity contribution in [3.05, 3.63) is 41.9 Å². The third-order valence-electron chi connectivity index (χ3n) is 4.47. The van der Waals surface area contributed by atoms with Gasteiger partial charge in [-0.1, -0.05) is 13.0 Å². The number of halogens is 5. The number of benzene rings is 1. The van der Waals surface area contributed by atoms with Crippen molar-refractivity contribution in [2.75, 3.05) is 40.8 Å². The molecule has 0 saturated heterocycles. The van der Waals surface area contributed by atoms with Gasteiger partial charge in [0, 0.05) is 46.7 Å². The van der Waals surface area contributed by atoms with Gasteiger partial charge in [-0.25, -0.2) is 13.8 Å². The molecule has 1 atom stereocenters. The van der Waals surface area contributed by atoms with Crippen molar-refractivity contribution in [3.8, 4) is 5.75 Å². The van der Waals surface area contributed by atoms with E-state index in [0.29, 0.717) is 0 Å². The van der Waals surface area contributed by atoms with Gasteiger partial charge in [-0.05, 0) is 24.6 Å². The smallest absolute Gasteiger partial charge is 0.433 e. The second kappa shape index (κ2) is 11.1. The zero-order valence-electron chi connectivity index (χ0n) is 17.6. The normalized spacial score (nSPS) is 15.0. The highest BCUT2D eigenvalue weighted by molar-refractivity contribution is 5.80. The fraction of sp³-hybridized carbons (Fsp3) is 0.550. The molecule has 0 amide bonds. The zero-order valence-corrected chi connectivity index (χ0v) is 17.6. The molecule has 1 rings (SSSR count). The average molecular weight is 436 g/mol. The number of allylic oxidation sites excluding steroid dienone is 1. The highest BCUT2D eigenvalue weighted by Gasteiger charge is 2.35. The van der Waals surface area contributed by atoms with E-state index in [2.05, 4.69) is 4.99 Å². The van der Waals surface area contributed by atoms with E-state index in [1.807, 2.05) is 0 Å². The third kappa shape index (κ3) is 8.17. The fourth-order valence-corrected chi connectivity index (χ4v) is 2.52. The number of nitrogens with zero attached hydrogens (tertiary/aromatic N) is 3. The SMILES string of the molecule is CCC(F)(CN)CCN(C)/C(=N/C(=C\COc1cccc(F)c1)C(F)(F)F)N(C)C. The second-order valence-corrected chi connectivity index (χ2v) is 7.04. The Labute approximate surface area is 174 Å². The highest BCUT2D eigenvalue weighted by Crippen LogP contribution is 2.27. The summed E-state index contributed by atoms with van der Waals surface area (Å²) in [7, 11) is 4.61. The summed E-state index contributed by atoms with van der Waals surface area (Å²) in [5.74, 6) is -0.460. The maximum atomic E-state index is 14.4. The standard InChI is InChI=1S/C20H29F5N4O/c1-5-19(22,14-26)10-11-29(4)18(28(2)3)27-17(20(23,24)25)9-12-30-16-8-6-7-15(21)13-16/h6-9,13H,5,10-12,14,26H2,1-4H3/b17-9-,27-18+. The Kier molecular flexibility index (Phi) is 9.54. The van der Waals surface area contributed by atoms with Crippen molar-refractivity contribution in [1.29, 1.82) is 0 Å². The Morgan fingerprint density at radius 1 is 1.20 bits per heavy atom. The van der Waals surface area contributed by atoms with Gasteiger partial charge in [0.15, 0.2) is 0 Å². The van der Waals surface area contributed by atoms with Crippen LogP contribution in [0.4, 0.5) is 22.0 Å². The van der Waals surface area contributed by atoms with E-state index < -0.39 is 30.0 Å². The first-order chi connectivity index (χ1) is 13.9. The van der Waals surface area contributed by atoms with Crippen molar-refractivity contribution in [3.63, 3.8) is 0 Å². The molecule has 0 bridgehead atoms. The summed E-state index contributed by atoms with van der Waals surface area (Å²) >= 11 is 0. The number of rotatable bonds is 9. The molecule has 0 aromatic heterocycles. The lowest BCUT2D eigenvalue weighted by atomic mass is 9.99. The van der Waals surface area contributed by atoms with Crippen LogP contribution in [0.25, 0.3) is 0 Å². The van der Waals surface area contributed by atoms with Crippen LogP contribution in [0.5, 0.6) is 5.75 Å². The molecule has 30 heavy (non-hydrogen) atoms. The first-order valence-corrected chi connectivity index (χ1v) is 9.43. The van der Waals surface area contributed by atoms with Gasteiger partial charge >= 0.3 is 6.18 Å². The predicted octanol–water partition coefficient (Wildman–Crippen LogP) is 3.97. The summed E-state index contributed by atoms with van der Waals surface area (Å²) in [6, 6.07) is 5.08. The van der Waals surface area contributed by atoms with Gasteiger partial charge in [0.2, 0.25) is 5.96 Å². The zero-order chi connectivity index (χ0) is 22.9. The minimum absolute atomic E-state index is 0.000181. The maximum absolute atomic E-state index is 14.4. The Balaban J connectivity index is 3.02. The minimum Gasteiger partial charge on any atom is -0.489 e. The number of aliphatic imine (C=N–C) groups is 1. The van der Waals surface area contributed by atoms with Crippen LogP contribution in [0, 0.1) is 5.82 Å². The number of hydrogen-bond acceptors (Lipinski definition) is 3. The largest absolute Gasteiger partial charge is 0.489 e. The summed E-state index contributed by atoms with van der Waals surface area (Å²) in [6.07, 6.45) is -3.71. The van der Waals surface area contributed by atoms with E-state index >= 15 is 0 Å².